The molecule has 0 amide bonds. The number of hydrazone groups is 1. The van der Waals surface area contributed by atoms with Gasteiger partial charge in [-0.3, -0.25) is 5.43 Å². The van der Waals surface area contributed by atoms with Gasteiger partial charge in [0.1, 0.15) is 0 Å². The van der Waals surface area contributed by atoms with Gasteiger partial charge < -0.3 is 5.32 Å². The zero-order chi connectivity index (χ0) is 14.2. The van der Waals surface area contributed by atoms with Crippen molar-refractivity contribution in [2.75, 3.05) is 6.54 Å². The standard InChI is InChI=1S/C16H27N3S/c1-3-17-15(20)19-18-11(2)7-16-8-12-4-13(9-16)6-14(5-12)10-16/h12-14H,3-10H2,1-2H3,(H2,17,19,20)/b18-11-. The van der Waals surface area contributed by atoms with Gasteiger partial charge in [-0.15, -0.1) is 0 Å². The van der Waals surface area contributed by atoms with Gasteiger partial charge in [-0.1, -0.05) is 0 Å². The molecular formula is C16H27N3S. The zero-order valence-electron chi connectivity index (χ0n) is 12.7. The highest BCUT2D eigenvalue weighted by Crippen LogP contribution is 2.61. The molecule has 0 unspecified atom stereocenters. The van der Waals surface area contributed by atoms with E-state index < -0.39 is 0 Å². The van der Waals surface area contributed by atoms with Crippen LogP contribution >= 0.6 is 12.2 Å². The number of hydrogen-bond donors (Lipinski definition) is 2. The van der Waals surface area contributed by atoms with E-state index in [1.165, 1.54) is 44.2 Å². The fourth-order valence-electron chi connectivity index (χ4n) is 5.44. The van der Waals surface area contributed by atoms with E-state index in [1.54, 1.807) is 0 Å². The lowest BCUT2D eigenvalue weighted by molar-refractivity contribution is -0.0482. The summed E-state index contributed by atoms with van der Waals surface area (Å²) in [4.78, 5) is 0. The van der Waals surface area contributed by atoms with E-state index in [0.29, 0.717) is 10.5 Å². The van der Waals surface area contributed by atoms with Crippen LogP contribution in [-0.2, 0) is 0 Å². The highest BCUT2D eigenvalue weighted by atomic mass is 32.1. The first-order valence-corrected chi connectivity index (χ1v) is 8.56. The van der Waals surface area contributed by atoms with Crippen LogP contribution in [0.5, 0.6) is 0 Å². The molecule has 0 atom stereocenters. The van der Waals surface area contributed by atoms with Crippen molar-refractivity contribution in [1.82, 2.24) is 10.7 Å². The molecule has 0 heterocycles. The maximum atomic E-state index is 5.16. The highest BCUT2D eigenvalue weighted by molar-refractivity contribution is 7.80. The molecule has 20 heavy (non-hydrogen) atoms. The van der Waals surface area contributed by atoms with Crippen molar-refractivity contribution >= 4 is 23.0 Å². The Kier molecular flexibility index (Phi) is 4.02. The van der Waals surface area contributed by atoms with Crippen molar-refractivity contribution < 1.29 is 0 Å². The van der Waals surface area contributed by atoms with Gasteiger partial charge in [-0.2, -0.15) is 5.10 Å². The van der Waals surface area contributed by atoms with E-state index in [4.69, 9.17) is 12.2 Å². The summed E-state index contributed by atoms with van der Waals surface area (Å²) >= 11 is 5.16. The second kappa shape index (κ2) is 5.63. The average Bonchev–Trinajstić information content (AvgIpc) is 2.34. The fraction of sp³-hybridized carbons (Fsp3) is 0.875. The van der Waals surface area contributed by atoms with Gasteiger partial charge in [-0.25, -0.2) is 0 Å². The molecule has 0 spiro atoms. The van der Waals surface area contributed by atoms with E-state index in [2.05, 4.69) is 22.8 Å². The van der Waals surface area contributed by atoms with E-state index in [1.807, 2.05) is 6.92 Å². The molecule has 4 heteroatoms. The van der Waals surface area contributed by atoms with Crippen molar-refractivity contribution in [2.24, 2.45) is 28.3 Å². The van der Waals surface area contributed by atoms with Crippen LogP contribution in [0.2, 0.25) is 0 Å². The summed E-state index contributed by atoms with van der Waals surface area (Å²) in [7, 11) is 0. The van der Waals surface area contributed by atoms with Crippen LogP contribution in [0.4, 0.5) is 0 Å². The van der Waals surface area contributed by atoms with Gasteiger partial charge in [0.05, 0.1) is 0 Å². The lowest BCUT2D eigenvalue weighted by atomic mass is 9.48. The van der Waals surface area contributed by atoms with Crippen molar-refractivity contribution in [3.63, 3.8) is 0 Å². The summed E-state index contributed by atoms with van der Waals surface area (Å²) in [5.74, 6) is 3.06. The molecule has 4 saturated carbocycles. The second-order valence-corrected chi connectivity index (χ2v) is 7.82. The fourth-order valence-corrected chi connectivity index (χ4v) is 5.63. The Labute approximate surface area is 128 Å². The molecule has 0 aromatic carbocycles. The SMILES string of the molecule is CCNC(=S)N/N=C(/C)CC12CC3CC(CC(C3)C1)C2. The average molecular weight is 293 g/mol. The van der Waals surface area contributed by atoms with Crippen molar-refractivity contribution in [3.05, 3.63) is 0 Å². The first-order valence-electron chi connectivity index (χ1n) is 8.15. The number of thiocarbonyl (C=S) groups is 1. The molecule has 3 nitrogen and oxygen atoms in total. The van der Waals surface area contributed by atoms with Gasteiger partial charge in [0.15, 0.2) is 5.11 Å². The van der Waals surface area contributed by atoms with Gasteiger partial charge in [0.25, 0.3) is 0 Å². The normalized spacial score (nSPS) is 38.9. The third-order valence-electron chi connectivity index (χ3n) is 5.48. The topological polar surface area (TPSA) is 36.4 Å². The lowest BCUT2D eigenvalue weighted by Crippen LogP contribution is -2.46. The summed E-state index contributed by atoms with van der Waals surface area (Å²) in [6, 6.07) is 0. The van der Waals surface area contributed by atoms with Crippen LogP contribution in [0.3, 0.4) is 0 Å². The van der Waals surface area contributed by atoms with Crippen LogP contribution in [-0.4, -0.2) is 17.4 Å². The first-order chi connectivity index (χ1) is 9.58. The summed E-state index contributed by atoms with van der Waals surface area (Å²) < 4.78 is 0. The minimum atomic E-state index is 0.573. The molecule has 112 valence electrons. The molecule has 4 fully saturated rings. The summed E-state index contributed by atoms with van der Waals surface area (Å²) in [6.45, 7) is 5.04. The summed E-state index contributed by atoms with van der Waals surface area (Å²) in [5.41, 5.74) is 4.76. The monoisotopic (exact) mass is 293 g/mol. The molecule has 4 bridgehead atoms. The Morgan fingerprint density at radius 3 is 2.20 bits per heavy atom. The molecule has 4 rings (SSSR count). The predicted molar refractivity (Wildman–Crippen MR) is 87.7 cm³/mol. The third-order valence-corrected chi connectivity index (χ3v) is 5.72. The molecule has 4 aliphatic carbocycles. The van der Waals surface area contributed by atoms with Crippen LogP contribution in [0.1, 0.15) is 58.8 Å². The summed E-state index contributed by atoms with van der Waals surface area (Å²) in [5, 5.41) is 8.19. The van der Waals surface area contributed by atoms with E-state index in [9.17, 15) is 0 Å². The Morgan fingerprint density at radius 1 is 1.15 bits per heavy atom. The van der Waals surface area contributed by atoms with Gasteiger partial charge >= 0.3 is 0 Å². The maximum absolute atomic E-state index is 5.16. The largest absolute Gasteiger partial charge is 0.362 e. The van der Waals surface area contributed by atoms with E-state index in [-0.39, 0.29) is 0 Å². The van der Waals surface area contributed by atoms with Crippen LogP contribution < -0.4 is 10.7 Å². The number of rotatable bonds is 4. The lowest BCUT2D eigenvalue weighted by Gasteiger charge is -2.57. The van der Waals surface area contributed by atoms with Gasteiger partial charge in [0, 0.05) is 12.3 Å². The van der Waals surface area contributed by atoms with Crippen molar-refractivity contribution in [1.29, 1.82) is 0 Å². The van der Waals surface area contributed by atoms with Crippen LogP contribution in [0, 0.1) is 23.2 Å². The minimum absolute atomic E-state index is 0.573. The van der Waals surface area contributed by atoms with E-state index >= 15 is 0 Å². The Balaban J connectivity index is 1.59. The number of hydrogen-bond acceptors (Lipinski definition) is 2. The predicted octanol–water partition coefficient (Wildman–Crippen LogP) is 3.45. The van der Waals surface area contributed by atoms with Gasteiger partial charge in [0.2, 0.25) is 0 Å². The number of nitrogens with one attached hydrogen (secondary N) is 2. The molecule has 0 aromatic heterocycles. The van der Waals surface area contributed by atoms with Crippen LogP contribution in [0.15, 0.2) is 5.10 Å². The van der Waals surface area contributed by atoms with Gasteiger partial charge in [-0.05, 0) is 94.2 Å². The molecule has 0 aromatic rings. The second-order valence-electron chi connectivity index (χ2n) is 7.41. The smallest absolute Gasteiger partial charge is 0.186 e. The quantitative estimate of drug-likeness (QED) is 0.473. The summed E-state index contributed by atoms with van der Waals surface area (Å²) in [6.07, 6.45) is 10.0. The molecular weight excluding hydrogens is 266 g/mol. The third kappa shape index (κ3) is 3.00. The highest BCUT2D eigenvalue weighted by Gasteiger charge is 2.50. The first kappa shape index (κ1) is 14.3. The molecule has 2 N–H and O–H groups in total. The maximum Gasteiger partial charge on any atom is 0.186 e. The molecule has 0 aliphatic heterocycles. The molecule has 4 aliphatic rings. The Morgan fingerprint density at radius 2 is 1.70 bits per heavy atom. The minimum Gasteiger partial charge on any atom is -0.362 e. The Bertz CT molecular complexity index is 381. The zero-order valence-corrected chi connectivity index (χ0v) is 13.6. The van der Waals surface area contributed by atoms with E-state index in [0.717, 1.165) is 30.7 Å². The Hall–Kier alpha value is -0.640. The van der Waals surface area contributed by atoms with Crippen molar-refractivity contribution in [2.45, 2.75) is 58.8 Å². The van der Waals surface area contributed by atoms with Crippen molar-refractivity contribution in [3.8, 4) is 0 Å². The number of nitrogens with zero attached hydrogens (tertiary/aromatic N) is 1. The van der Waals surface area contributed by atoms with Crippen LogP contribution in [0.25, 0.3) is 0 Å². The molecule has 0 saturated heterocycles. The molecule has 0 radical (unpaired) electrons.